The van der Waals surface area contributed by atoms with Crippen molar-refractivity contribution in [2.75, 3.05) is 5.32 Å². The van der Waals surface area contributed by atoms with Crippen molar-refractivity contribution in [3.8, 4) is 17.2 Å². The molecule has 0 bridgehead atoms. The number of carbonyl (C=O) groups is 1. The molecule has 7 heteroatoms. The predicted octanol–water partition coefficient (Wildman–Crippen LogP) is 5.18. The van der Waals surface area contributed by atoms with Gasteiger partial charge in [-0.25, -0.2) is 0 Å². The molecule has 1 N–H and O–H groups in total. The number of benzene rings is 2. The Bertz CT molecular complexity index is 1210. The van der Waals surface area contributed by atoms with Crippen molar-refractivity contribution in [3.05, 3.63) is 89.7 Å². The summed E-state index contributed by atoms with van der Waals surface area (Å²) in [4.78, 5) is 12.0. The third-order valence-corrected chi connectivity index (χ3v) is 4.49. The third kappa shape index (κ3) is 5.27. The molecule has 4 aromatic rings. The summed E-state index contributed by atoms with van der Waals surface area (Å²) in [6.07, 6.45) is 3.04. The number of rotatable bonds is 7. The Balaban J connectivity index is 1.30. The van der Waals surface area contributed by atoms with Crippen LogP contribution in [0.4, 0.5) is 5.69 Å². The Kier molecular flexibility index (Phi) is 5.93. The van der Waals surface area contributed by atoms with Gasteiger partial charge in [0.15, 0.2) is 6.61 Å². The fourth-order valence-electron chi connectivity index (χ4n) is 2.90. The van der Waals surface area contributed by atoms with Gasteiger partial charge in [-0.15, -0.1) is 10.2 Å². The minimum atomic E-state index is -0.252. The number of hydrogen-bond donors (Lipinski definition) is 1. The van der Waals surface area contributed by atoms with Crippen LogP contribution in [0.5, 0.6) is 5.75 Å². The molecular formula is C24H21N3O4. The Labute approximate surface area is 179 Å². The predicted molar refractivity (Wildman–Crippen MR) is 116 cm³/mol. The molecule has 0 aliphatic rings. The summed E-state index contributed by atoms with van der Waals surface area (Å²) in [5.74, 6) is 2.64. The average Bonchev–Trinajstić information content (AvgIpc) is 3.41. The zero-order chi connectivity index (χ0) is 21.6. The lowest BCUT2D eigenvalue weighted by atomic mass is 10.1. The molecule has 0 aliphatic heterocycles. The van der Waals surface area contributed by atoms with Crippen molar-refractivity contribution in [2.24, 2.45) is 0 Å². The van der Waals surface area contributed by atoms with Crippen LogP contribution >= 0.6 is 0 Å². The average molecular weight is 415 g/mol. The molecule has 4 rings (SSSR count). The van der Waals surface area contributed by atoms with E-state index >= 15 is 0 Å². The van der Waals surface area contributed by atoms with Crippen LogP contribution in [0.1, 0.15) is 23.0 Å². The first-order chi connectivity index (χ1) is 15.1. The summed E-state index contributed by atoms with van der Waals surface area (Å²) in [7, 11) is 0. The first kappa shape index (κ1) is 20.2. The van der Waals surface area contributed by atoms with E-state index in [4.69, 9.17) is 13.6 Å². The van der Waals surface area contributed by atoms with Crippen LogP contribution in [-0.2, 0) is 11.4 Å². The maximum Gasteiger partial charge on any atom is 0.254 e. The number of furan rings is 1. The summed E-state index contributed by atoms with van der Waals surface area (Å²) in [6.45, 7) is 3.99. The van der Waals surface area contributed by atoms with Gasteiger partial charge in [-0.1, -0.05) is 18.2 Å². The van der Waals surface area contributed by atoms with Crippen LogP contribution in [0.15, 0.2) is 75.6 Å². The third-order valence-electron chi connectivity index (χ3n) is 4.49. The standard InChI is InChI=1S/C24H21N3O4/c1-16-5-3-4-6-21(16)24-27-26-23(31-24)15-29-19-11-8-18(9-12-19)25-22(28)14-13-20-10-7-17(2)30-20/h3-14H,15H2,1-2H3,(H,25,28). The molecule has 0 radical (unpaired) electrons. The highest BCUT2D eigenvalue weighted by atomic mass is 16.5. The summed E-state index contributed by atoms with van der Waals surface area (Å²) in [5.41, 5.74) is 2.61. The van der Waals surface area contributed by atoms with Crippen molar-refractivity contribution in [2.45, 2.75) is 20.5 Å². The number of aryl methyl sites for hydroxylation is 2. The van der Waals surface area contributed by atoms with Gasteiger partial charge >= 0.3 is 0 Å². The second-order valence-corrected chi connectivity index (χ2v) is 6.90. The summed E-state index contributed by atoms with van der Waals surface area (Å²) >= 11 is 0. The van der Waals surface area contributed by atoms with Gasteiger partial charge in [-0.2, -0.15) is 0 Å². The van der Waals surface area contributed by atoms with E-state index in [1.165, 1.54) is 6.08 Å². The van der Waals surface area contributed by atoms with Gasteiger partial charge in [0.1, 0.15) is 17.3 Å². The molecule has 2 aromatic heterocycles. The number of aromatic nitrogens is 2. The highest BCUT2D eigenvalue weighted by Crippen LogP contribution is 2.22. The highest BCUT2D eigenvalue weighted by molar-refractivity contribution is 6.01. The maximum atomic E-state index is 12.0. The minimum Gasteiger partial charge on any atom is -0.484 e. The van der Waals surface area contributed by atoms with Gasteiger partial charge in [-0.05, 0) is 68.0 Å². The Morgan fingerprint density at radius 1 is 1.00 bits per heavy atom. The van der Waals surface area contributed by atoms with Crippen molar-refractivity contribution < 1.29 is 18.4 Å². The number of amides is 1. The fraction of sp³-hybridized carbons (Fsp3) is 0.125. The lowest BCUT2D eigenvalue weighted by Crippen LogP contribution is -2.07. The molecule has 0 spiro atoms. The van der Waals surface area contributed by atoms with Crippen LogP contribution in [0, 0.1) is 13.8 Å². The molecule has 0 atom stereocenters. The van der Waals surface area contributed by atoms with Crippen molar-refractivity contribution in [1.29, 1.82) is 0 Å². The minimum absolute atomic E-state index is 0.149. The largest absolute Gasteiger partial charge is 0.484 e. The normalized spacial score (nSPS) is 11.0. The zero-order valence-electron chi connectivity index (χ0n) is 17.2. The molecular weight excluding hydrogens is 394 g/mol. The van der Waals surface area contributed by atoms with Gasteiger partial charge in [0, 0.05) is 17.3 Å². The van der Waals surface area contributed by atoms with Crippen LogP contribution in [0.2, 0.25) is 0 Å². The van der Waals surface area contributed by atoms with Crippen LogP contribution in [0.25, 0.3) is 17.5 Å². The number of anilines is 1. The molecule has 1 amide bonds. The first-order valence-corrected chi connectivity index (χ1v) is 9.73. The summed E-state index contributed by atoms with van der Waals surface area (Å²) in [6, 6.07) is 18.5. The van der Waals surface area contributed by atoms with Crippen LogP contribution < -0.4 is 10.1 Å². The monoisotopic (exact) mass is 415 g/mol. The van der Waals surface area contributed by atoms with Gasteiger partial charge in [-0.3, -0.25) is 4.79 Å². The highest BCUT2D eigenvalue weighted by Gasteiger charge is 2.11. The number of carbonyl (C=O) groups excluding carboxylic acids is 1. The molecule has 0 aliphatic carbocycles. The fourth-order valence-corrected chi connectivity index (χ4v) is 2.90. The van der Waals surface area contributed by atoms with E-state index in [0.29, 0.717) is 29.0 Å². The SMILES string of the molecule is Cc1ccc(C=CC(=O)Nc2ccc(OCc3nnc(-c4ccccc4C)o3)cc2)o1. The number of ether oxygens (including phenoxy) is 1. The van der Waals surface area contributed by atoms with Crippen LogP contribution in [0.3, 0.4) is 0 Å². The second-order valence-electron chi connectivity index (χ2n) is 6.90. The smallest absolute Gasteiger partial charge is 0.254 e. The topological polar surface area (TPSA) is 90.4 Å². The van der Waals surface area contributed by atoms with E-state index in [-0.39, 0.29) is 12.5 Å². The Morgan fingerprint density at radius 2 is 1.81 bits per heavy atom. The van der Waals surface area contributed by atoms with E-state index in [1.807, 2.05) is 44.2 Å². The molecule has 156 valence electrons. The van der Waals surface area contributed by atoms with E-state index in [0.717, 1.165) is 16.9 Å². The van der Waals surface area contributed by atoms with E-state index in [9.17, 15) is 4.79 Å². The molecule has 0 fully saturated rings. The Hall–Kier alpha value is -4.13. The van der Waals surface area contributed by atoms with E-state index in [1.54, 1.807) is 36.4 Å². The molecule has 0 saturated heterocycles. The summed E-state index contributed by atoms with van der Waals surface area (Å²) < 4.78 is 16.8. The first-order valence-electron chi connectivity index (χ1n) is 9.73. The van der Waals surface area contributed by atoms with Gasteiger partial charge in [0.25, 0.3) is 5.89 Å². The van der Waals surface area contributed by atoms with Crippen molar-refractivity contribution in [1.82, 2.24) is 10.2 Å². The molecule has 2 heterocycles. The molecule has 7 nitrogen and oxygen atoms in total. The molecule has 0 saturated carbocycles. The van der Waals surface area contributed by atoms with Crippen molar-refractivity contribution in [3.63, 3.8) is 0 Å². The van der Waals surface area contributed by atoms with E-state index < -0.39 is 0 Å². The van der Waals surface area contributed by atoms with Gasteiger partial charge in [0.05, 0.1) is 0 Å². The lowest BCUT2D eigenvalue weighted by Gasteiger charge is -2.06. The number of nitrogens with zero attached hydrogens (tertiary/aromatic N) is 2. The number of hydrogen-bond acceptors (Lipinski definition) is 6. The zero-order valence-corrected chi connectivity index (χ0v) is 17.2. The maximum absolute atomic E-state index is 12.0. The molecule has 31 heavy (non-hydrogen) atoms. The van der Waals surface area contributed by atoms with Gasteiger partial charge in [0.2, 0.25) is 11.8 Å². The van der Waals surface area contributed by atoms with Crippen LogP contribution in [-0.4, -0.2) is 16.1 Å². The second kappa shape index (κ2) is 9.13. The lowest BCUT2D eigenvalue weighted by molar-refractivity contribution is -0.111. The quantitative estimate of drug-likeness (QED) is 0.419. The molecule has 0 unspecified atom stereocenters. The van der Waals surface area contributed by atoms with Gasteiger partial charge < -0.3 is 18.9 Å². The molecule has 2 aromatic carbocycles. The number of nitrogens with one attached hydrogen (secondary N) is 1. The Morgan fingerprint density at radius 3 is 2.55 bits per heavy atom. The van der Waals surface area contributed by atoms with E-state index in [2.05, 4.69) is 15.5 Å². The summed E-state index contributed by atoms with van der Waals surface area (Å²) in [5, 5.41) is 10.9. The van der Waals surface area contributed by atoms with Crippen molar-refractivity contribution >= 4 is 17.7 Å².